The maximum Gasteiger partial charge on any atom is 0.0468 e. The number of hydrogen-bond donors (Lipinski definition) is 0. The van der Waals surface area contributed by atoms with Gasteiger partial charge < -0.3 is 9.80 Å². The van der Waals surface area contributed by atoms with Crippen LogP contribution in [0, 0.1) is 0 Å². The molecule has 9 aromatic carbocycles. The molecule has 0 heterocycles. The first kappa shape index (κ1) is 38.1. The second-order valence-corrected chi connectivity index (χ2v) is 18.3. The molecule has 0 unspecified atom stereocenters. The highest BCUT2D eigenvalue weighted by Crippen LogP contribution is 2.53. The van der Waals surface area contributed by atoms with E-state index in [1.807, 2.05) is 0 Å². The molecule has 2 heteroatoms. The lowest BCUT2D eigenvalue weighted by Gasteiger charge is -2.29. The summed E-state index contributed by atoms with van der Waals surface area (Å²) in [6.07, 6.45) is 1.86. The van der Waals surface area contributed by atoms with Gasteiger partial charge in [-0.25, -0.2) is 0 Å². The van der Waals surface area contributed by atoms with Gasteiger partial charge in [-0.3, -0.25) is 0 Å². The van der Waals surface area contributed by atoms with Crippen LogP contribution in [0.4, 0.5) is 34.1 Å². The molecule has 0 fully saturated rings. The van der Waals surface area contributed by atoms with Gasteiger partial charge in [0.1, 0.15) is 0 Å². The Bertz CT molecular complexity index is 2990. The zero-order valence-electron chi connectivity index (χ0n) is 36.6. The topological polar surface area (TPSA) is 6.48 Å². The van der Waals surface area contributed by atoms with Crippen molar-refractivity contribution >= 4 is 55.7 Å². The largest absolute Gasteiger partial charge is 0.310 e. The molecule has 0 aliphatic heterocycles. The van der Waals surface area contributed by atoms with Crippen LogP contribution in [0.5, 0.6) is 0 Å². The third-order valence-electron chi connectivity index (χ3n) is 14.2. The molecule has 0 aromatic heterocycles. The molecule has 2 aliphatic carbocycles. The molecule has 0 N–H and O–H groups in total. The predicted octanol–water partition coefficient (Wildman–Crippen LogP) is 16.7. The zero-order chi connectivity index (χ0) is 42.3. The van der Waals surface area contributed by atoms with Crippen molar-refractivity contribution in [2.24, 2.45) is 0 Å². The Hall–Kier alpha value is -6.90. The van der Waals surface area contributed by atoms with Crippen molar-refractivity contribution in [1.29, 1.82) is 0 Å². The fourth-order valence-corrected chi connectivity index (χ4v) is 11.1. The first-order valence-electron chi connectivity index (χ1n) is 22.4. The van der Waals surface area contributed by atoms with Gasteiger partial charge in [0, 0.05) is 45.0 Å². The van der Waals surface area contributed by atoms with Crippen molar-refractivity contribution < 1.29 is 0 Å². The van der Waals surface area contributed by atoms with Crippen LogP contribution in [0.2, 0.25) is 0 Å². The molecule has 62 heavy (non-hydrogen) atoms. The Labute approximate surface area is 366 Å². The summed E-state index contributed by atoms with van der Waals surface area (Å²) in [6, 6.07) is 68.1. The summed E-state index contributed by atoms with van der Waals surface area (Å²) < 4.78 is 0. The molecule has 0 amide bonds. The number of fused-ring (bicyclic) bond motifs is 8. The zero-order valence-corrected chi connectivity index (χ0v) is 36.6. The van der Waals surface area contributed by atoms with E-state index in [4.69, 9.17) is 0 Å². The Balaban J connectivity index is 1.06. The minimum absolute atomic E-state index is 0.0874. The highest BCUT2D eigenvalue weighted by Gasteiger charge is 2.37. The van der Waals surface area contributed by atoms with Crippen LogP contribution in [0.3, 0.4) is 0 Å². The second-order valence-electron chi connectivity index (χ2n) is 18.3. The van der Waals surface area contributed by atoms with Crippen LogP contribution < -0.4 is 9.80 Å². The average Bonchev–Trinajstić information content (AvgIpc) is 3.68. The smallest absolute Gasteiger partial charge is 0.0468 e. The molecule has 2 nitrogen and oxygen atoms in total. The minimum atomic E-state index is -0.0874. The molecule has 0 bridgehead atoms. The second kappa shape index (κ2) is 14.4. The SMILES string of the molecule is CCc1c2ccc(N(c3ccccc3)c3ccc4c(c3)C(C)(C)c3ccccc3-4)cc2c(CC)c2ccc(N(c3ccccc3)c3ccc4c(c3)C(C)(C)c3ccccc3-4)cc12. The van der Waals surface area contributed by atoms with Crippen LogP contribution in [-0.4, -0.2) is 0 Å². The maximum absolute atomic E-state index is 2.46. The van der Waals surface area contributed by atoms with Crippen LogP contribution in [0.25, 0.3) is 43.8 Å². The van der Waals surface area contributed by atoms with Crippen molar-refractivity contribution in [2.45, 2.75) is 65.2 Å². The van der Waals surface area contributed by atoms with E-state index >= 15 is 0 Å². The lowest BCUT2D eigenvalue weighted by Crippen LogP contribution is -2.16. The fourth-order valence-electron chi connectivity index (χ4n) is 11.1. The van der Waals surface area contributed by atoms with Gasteiger partial charge in [-0.1, -0.05) is 151 Å². The van der Waals surface area contributed by atoms with E-state index in [0.717, 1.165) is 24.2 Å². The van der Waals surface area contributed by atoms with E-state index in [-0.39, 0.29) is 10.8 Å². The first-order chi connectivity index (χ1) is 30.2. The lowest BCUT2D eigenvalue weighted by molar-refractivity contribution is 0.660. The molecule has 2 aliphatic rings. The standard InChI is InChI=1S/C60H52N2/c1-7-45-47-31-27-42(62(40-21-13-10-14-22-40)44-30-34-52-50-24-16-18-26-56(50)60(5,6)58(52)38-44)36-54(47)46(8-2)48-32-28-41(35-53(45)48)61(39-19-11-9-12-20-39)43-29-33-51-49-23-15-17-25-55(49)59(3,4)57(51)37-43/h9-38H,7-8H2,1-6H3. The van der Waals surface area contributed by atoms with Gasteiger partial charge in [-0.05, 0) is 163 Å². The first-order valence-corrected chi connectivity index (χ1v) is 22.4. The van der Waals surface area contributed by atoms with Crippen molar-refractivity contribution in [1.82, 2.24) is 0 Å². The van der Waals surface area contributed by atoms with Crippen molar-refractivity contribution in [3.05, 3.63) is 215 Å². The highest BCUT2D eigenvalue weighted by atomic mass is 15.1. The van der Waals surface area contributed by atoms with E-state index in [1.54, 1.807) is 0 Å². The maximum atomic E-state index is 2.46. The molecule has 0 saturated heterocycles. The molecule has 302 valence electrons. The van der Waals surface area contributed by atoms with Crippen LogP contribution in [0.1, 0.15) is 74.9 Å². The Morgan fingerprint density at radius 1 is 0.306 bits per heavy atom. The summed E-state index contributed by atoms with van der Waals surface area (Å²) in [7, 11) is 0. The third-order valence-corrected chi connectivity index (χ3v) is 14.2. The summed E-state index contributed by atoms with van der Waals surface area (Å²) in [4.78, 5) is 4.90. The normalized spacial score (nSPS) is 14.0. The molecule has 11 rings (SSSR count). The van der Waals surface area contributed by atoms with Gasteiger partial charge in [-0.15, -0.1) is 0 Å². The van der Waals surface area contributed by atoms with Gasteiger partial charge in [-0.2, -0.15) is 0 Å². The molecule has 0 spiro atoms. The van der Waals surface area contributed by atoms with Crippen LogP contribution in [-0.2, 0) is 23.7 Å². The van der Waals surface area contributed by atoms with Gasteiger partial charge in [0.05, 0.1) is 0 Å². The van der Waals surface area contributed by atoms with Crippen LogP contribution in [0.15, 0.2) is 182 Å². The summed E-state index contributed by atoms with van der Waals surface area (Å²) in [6.45, 7) is 14.1. The Morgan fingerprint density at radius 3 is 1.05 bits per heavy atom. The Morgan fingerprint density at radius 2 is 0.645 bits per heavy atom. The predicted molar refractivity (Wildman–Crippen MR) is 265 cm³/mol. The quantitative estimate of drug-likeness (QED) is 0.141. The van der Waals surface area contributed by atoms with Gasteiger partial charge >= 0.3 is 0 Å². The molecular formula is C60H52N2. The number of benzene rings is 9. The number of nitrogens with zero attached hydrogens (tertiary/aromatic N) is 2. The van der Waals surface area contributed by atoms with Crippen LogP contribution >= 0.6 is 0 Å². The number of para-hydroxylation sites is 2. The molecular weight excluding hydrogens is 749 g/mol. The lowest BCUT2D eigenvalue weighted by atomic mass is 9.82. The number of rotatable bonds is 8. The van der Waals surface area contributed by atoms with E-state index in [1.165, 1.54) is 99.9 Å². The average molecular weight is 801 g/mol. The van der Waals surface area contributed by atoms with Crippen molar-refractivity contribution in [3.8, 4) is 22.3 Å². The van der Waals surface area contributed by atoms with E-state index < -0.39 is 0 Å². The molecule has 0 radical (unpaired) electrons. The summed E-state index contributed by atoms with van der Waals surface area (Å²) in [5, 5.41) is 5.33. The fraction of sp³-hybridized carbons (Fsp3) is 0.167. The summed E-state index contributed by atoms with van der Waals surface area (Å²) in [5.41, 5.74) is 20.5. The molecule has 0 saturated carbocycles. The van der Waals surface area contributed by atoms with E-state index in [9.17, 15) is 0 Å². The van der Waals surface area contributed by atoms with Gasteiger partial charge in [0.25, 0.3) is 0 Å². The summed E-state index contributed by atoms with van der Waals surface area (Å²) in [5.74, 6) is 0. The summed E-state index contributed by atoms with van der Waals surface area (Å²) >= 11 is 0. The highest BCUT2D eigenvalue weighted by molar-refractivity contribution is 6.08. The van der Waals surface area contributed by atoms with E-state index in [2.05, 4.69) is 233 Å². The monoisotopic (exact) mass is 800 g/mol. The third kappa shape index (κ3) is 5.69. The molecule has 9 aromatic rings. The number of anilines is 6. The van der Waals surface area contributed by atoms with Crippen molar-refractivity contribution in [2.75, 3.05) is 9.80 Å². The minimum Gasteiger partial charge on any atom is -0.310 e. The van der Waals surface area contributed by atoms with E-state index in [0.29, 0.717) is 0 Å². The Kier molecular flexibility index (Phi) is 8.81. The van der Waals surface area contributed by atoms with Crippen molar-refractivity contribution in [3.63, 3.8) is 0 Å². The number of hydrogen-bond acceptors (Lipinski definition) is 2. The molecule has 0 atom stereocenters. The van der Waals surface area contributed by atoms with Gasteiger partial charge in [0.15, 0.2) is 0 Å². The number of aryl methyl sites for hydroxylation is 2. The van der Waals surface area contributed by atoms with Gasteiger partial charge in [0.2, 0.25) is 0 Å².